The molecule has 0 N–H and O–H groups in total. The second-order valence-electron chi connectivity index (χ2n) is 2.90. The first-order valence-electron chi connectivity index (χ1n) is 4.04. The van der Waals surface area contributed by atoms with E-state index in [4.69, 9.17) is 9.78 Å². The number of aryl methyl sites for hydroxylation is 1. The van der Waals surface area contributed by atoms with Crippen LogP contribution in [-0.2, 0) is 6.42 Å². The van der Waals surface area contributed by atoms with Crippen molar-refractivity contribution in [2.75, 3.05) is 0 Å². The van der Waals surface area contributed by atoms with Gasteiger partial charge in [0.2, 0.25) is 0 Å². The molecule has 3 nitrogen and oxygen atoms in total. The summed E-state index contributed by atoms with van der Waals surface area (Å²) in [6.07, 6.45) is 0.367. The third-order valence-corrected chi connectivity index (χ3v) is 2.03. The monoisotopic (exact) mass is 172 g/mol. The molecular weight excluding hydrogens is 164 g/mol. The maximum atomic E-state index is 8.57. The molecule has 1 aromatic carbocycles. The predicted molar refractivity (Wildman–Crippen MR) is 48.1 cm³/mol. The highest BCUT2D eigenvalue weighted by Crippen LogP contribution is 2.21. The van der Waals surface area contributed by atoms with Crippen molar-refractivity contribution >= 4 is 11.0 Å². The minimum atomic E-state index is 0.367. The Morgan fingerprint density at radius 3 is 3.15 bits per heavy atom. The van der Waals surface area contributed by atoms with Gasteiger partial charge in [0.25, 0.3) is 0 Å². The second kappa shape index (κ2) is 2.91. The molecule has 0 bridgehead atoms. The first-order chi connectivity index (χ1) is 6.33. The molecule has 0 amide bonds. The van der Waals surface area contributed by atoms with Crippen LogP contribution in [0.25, 0.3) is 11.0 Å². The second-order valence-corrected chi connectivity index (χ2v) is 2.90. The van der Waals surface area contributed by atoms with Gasteiger partial charge in [-0.3, -0.25) is 0 Å². The lowest BCUT2D eigenvalue weighted by atomic mass is 10.1. The summed E-state index contributed by atoms with van der Waals surface area (Å²) in [4.78, 5) is 0. The number of rotatable bonds is 1. The van der Waals surface area contributed by atoms with Gasteiger partial charge in [0.05, 0.1) is 18.2 Å². The fourth-order valence-electron chi connectivity index (χ4n) is 1.37. The molecule has 2 rings (SSSR count). The Balaban J connectivity index is 2.71. The fourth-order valence-corrected chi connectivity index (χ4v) is 1.37. The predicted octanol–water partition coefficient (Wildman–Crippen LogP) is 2.20. The lowest BCUT2D eigenvalue weighted by molar-refractivity contribution is 0.448. The number of hydrogen-bond donors (Lipinski definition) is 0. The highest BCUT2D eigenvalue weighted by atomic mass is 16.5. The number of nitriles is 1. The van der Waals surface area contributed by atoms with E-state index in [1.165, 1.54) is 0 Å². The van der Waals surface area contributed by atoms with Crippen LogP contribution < -0.4 is 0 Å². The summed E-state index contributed by atoms with van der Waals surface area (Å²) >= 11 is 0. The van der Waals surface area contributed by atoms with Crippen LogP contribution in [0.5, 0.6) is 0 Å². The average molecular weight is 172 g/mol. The zero-order valence-electron chi connectivity index (χ0n) is 7.24. The van der Waals surface area contributed by atoms with Gasteiger partial charge in [-0.2, -0.15) is 5.26 Å². The van der Waals surface area contributed by atoms with E-state index in [2.05, 4.69) is 11.2 Å². The van der Waals surface area contributed by atoms with E-state index < -0.39 is 0 Å². The summed E-state index contributed by atoms with van der Waals surface area (Å²) in [6.45, 7) is 1.89. The Bertz CT molecular complexity index is 479. The summed E-state index contributed by atoms with van der Waals surface area (Å²) in [5, 5.41) is 13.4. The maximum absolute atomic E-state index is 8.57. The van der Waals surface area contributed by atoms with Crippen LogP contribution in [0.3, 0.4) is 0 Å². The zero-order chi connectivity index (χ0) is 9.26. The Morgan fingerprint density at radius 1 is 1.54 bits per heavy atom. The molecule has 0 spiro atoms. The zero-order valence-corrected chi connectivity index (χ0v) is 7.24. The summed E-state index contributed by atoms with van der Waals surface area (Å²) < 4.78 is 5.13. The van der Waals surface area contributed by atoms with Crippen molar-refractivity contribution in [1.29, 1.82) is 5.26 Å². The first-order valence-corrected chi connectivity index (χ1v) is 4.04. The minimum absolute atomic E-state index is 0.367. The molecule has 0 aliphatic carbocycles. The van der Waals surface area contributed by atoms with Gasteiger partial charge in [0, 0.05) is 10.9 Å². The van der Waals surface area contributed by atoms with E-state index in [0.29, 0.717) is 6.42 Å². The molecule has 0 saturated heterocycles. The lowest BCUT2D eigenvalue weighted by Crippen LogP contribution is -1.81. The molecule has 0 radical (unpaired) electrons. The molecule has 1 heterocycles. The Kier molecular flexibility index (Phi) is 1.75. The Morgan fingerprint density at radius 2 is 2.38 bits per heavy atom. The van der Waals surface area contributed by atoms with Crippen molar-refractivity contribution in [3.05, 3.63) is 29.5 Å². The van der Waals surface area contributed by atoms with Crippen LogP contribution in [0.15, 0.2) is 22.7 Å². The molecule has 0 unspecified atom stereocenters. The van der Waals surface area contributed by atoms with Crippen molar-refractivity contribution in [2.24, 2.45) is 0 Å². The quantitative estimate of drug-likeness (QED) is 0.662. The molecule has 64 valence electrons. The summed E-state index contributed by atoms with van der Waals surface area (Å²) in [6, 6.07) is 7.85. The number of aromatic nitrogens is 1. The van der Waals surface area contributed by atoms with Gasteiger partial charge < -0.3 is 4.52 Å². The van der Waals surface area contributed by atoms with Crippen molar-refractivity contribution < 1.29 is 4.52 Å². The summed E-state index contributed by atoms with van der Waals surface area (Å²) in [5.41, 5.74) is 2.51. The van der Waals surface area contributed by atoms with Crippen LogP contribution in [0.4, 0.5) is 0 Å². The Labute approximate surface area is 75.6 Å². The van der Waals surface area contributed by atoms with Gasteiger partial charge in [-0.05, 0) is 13.0 Å². The average Bonchev–Trinajstić information content (AvgIpc) is 2.50. The lowest BCUT2D eigenvalue weighted by Gasteiger charge is -1.93. The van der Waals surface area contributed by atoms with E-state index in [0.717, 1.165) is 22.2 Å². The van der Waals surface area contributed by atoms with Gasteiger partial charge in [0.15, 0.2) is 5.58 Å². The Hall–Kier alpha value is -1.82. The number of fused-ring (bicyclic) bond motifs is 1. The first kappa shape index (κ1) is 7.81. The van der Waals surface area contributed by atoms with Crippen LogP contribution in [0, 0.1) is 18.3 Å². The largest absolute Gasteiger partial charge is 0.356 e. The molecule has 0 saturated carbocycles. The number of para-hydroxylation sites is 1. The molecule has 0 aliphatic rings. The van der Waals surface area contributed by atoms with Crippen LogP contribution in [0.2, 0.25) is 0 Å². The van der Waals surface area contributed by atoms with Gasteiger partial charge in [0.1, 0.15) is 0 Å². The number of nitrogens with zero attached hydrogens (tertiary/aromatic N) is 2. The highest BCUT2D eigenvalue weighted by Gasteiger charge is 2.07. The highest BCUT2D eigenvalue weighted by molar-refractivity contribution is 5.82. The van der Waals surface area contributed by atoms with Gasteiger partial charge in [-0.15, -0.1) is 0 Å². The molecular formula is C10H8N2O. The number of hydrogen-bond acceptors (Lipinski definition) is 3. The summed E-state index contributed by atoms with van der Waals surface area (Å²) in [7, 11) is 0. The molecule has 1 aromatic heterocycles. The fraction of sp³-hybridized carbons (Fsp3) is 0.200. The van der Waals surface area contributed by atoms with E-state index in [9.17, 15) is 0 Å². The van der Waals surface area contributed by atoms with Gasteiger partial charge >= 0.3 is 0 Å². The van der Waals surface area contributed by atoms with Crippen molar-refractivity contribution in [3.8, 4) is 6.07 Å². The topological polar surface area (TPSA) is 49.8 Å². The van der Waals surface area contributed by atoms with Crippen molar-refractivity contribution in [2.45, 2.75) is 13.3 Å². The molecule has 3 heteroatoms. The standard InChI is InChI=1S/C10H8N2O/c1-7-9-4-2-3-8(5-6-11)10(9)13-12-7/h2-4H,5H2,1H3. The van der Waals surface area contributed by atoms with Crippen LogP contribution >= 0.6 is 0 Å². The molecule has 13 heavy (non-hydrogen) atoms. The third-order valence-electron chi connectivity index (χ3n) is 2.03. The molecule has 0 aliphatic heterocycles. The SMILES string of the molecule is Cc1noc2c(CC#N)cccc12. The molecule has 0 atom stereocenters. The van der Waals surface area contributed by atoms with Gasteiger partial charge in [-0.1, -0.05) is 17.3 Å². The van der Waals surface area contributed by atoms with Crippen molar-refractivity contribution in [3.63, 3.8) is 0 Å². The van der Waals surface area contributed by atoms with Crippen LogP contribution in [0.1, 0.15) is 11.3 Å². The summed E-state index contributed by atoms with van der Waals surface area (Å²) in [5.74, 6) is 0. The van der Waals surface area contributed by atoms with Gasteiger partial charge in [-0.25, -0.2) is 0 Å². The minimum Gasteiger partial charge on any atom is -0.356 e. The van der Waals surface area contributed by atoms with Crippen LogP contribution in [-0.4, -0.2) is 5.16 Å². The van der Waals surface area contributed by atoms with E-state index in [1.807, 2.05) is 25.1 Å². The van der Waals surface area contributed by atoms with E-state index in [-0.39, 0.29) is 0 Å². The third kappa shape index (κ3) is 1.17. The maximum Gasteiger partial charge on any atom is 0.171 e. The van der Waals surface area contributed by atoms with E-state index in [1.54, 1.807) is 0 Å². The molecule has 2 aromatic rings. The van der Waals surface area contributed by atoms with E-state index >= 15 is 0 Å². The number of benzene rings is 1. The van der Waals surface area contributed by atoms with Crippen molar-refractivity contribution in [1.82, 2.24) is 5.16 Å². The molecule has 0 fully saturated rings. The normalized spacial score (nSPS) is 10.2. The smallest absolute Gasteiger partial charge is 0.171 e.